The zero-order chi connectivity index (χ0) is 22.2. The van der Waals surface area contributed by atoms with Crippen LogP contribution in [0.2, 0.25) is 0 Å². The molecule has 1 aliphatic rings. The molecule has 0 bridgehead atoms. The number of aromatic nitrogens is 4. The van der Waals surface area contributed by atoms with Crippen molar-refractivity contribution in [2.75, 3.05) is 0 Å². The number of nitrogens with zero attached hydrogens (tertiary/aromatic N) is 4. The van der Waals surface area contributed by atoms with E-state index in [0.29, 0.717) is 34.9 Å². The minimum Gasteiger partial charge on any atom is -0.467 e. The number of rotatable bonds is 6. The van der Waals surface area contributed by atoms with Gasteiger partial charge in [0.25, 0.3) is 5.56 Å². The van der Waals surface area contributed by atoms with E-state index in [1.165, 1.54) is 28.6 Å². The largest absolute Gasteiger partial charge is 0.467 e. The molecule has 0 saturated carbocycles. The zero-order valence-corrected chi connectivity index (χ0v) is 19.3. The molecular formula is C24H20N4O3S2. The Kier molecular flexibility index (Phi) is 5.35. The van der Waals surface area contributed by atoms with Gasteiger partial charge in [0.1, 0.15) is 10.6 Å². The fourth-order valence-electron chi connectivity index (χ4n) is 4.17. The number of hydrogen-bond donors (Lipinski definition) is 0. The predicted octanol–water partition coefficient (Wildman–Crippen LogP) is 5.32. The highest BCUT2D eigenvalue weighted by atomic mass is 32.2. The second-order valence-corrected chi connectivity index (χ2v) is 9.95. The van der Waals surface area contributed by atoms with E-state index in [-0.39, 0.29) is 5.56 Å². The first-order chi connectivity index (χ1) is 16.3. The van der Waals surface area contributed by atoms with Crippen LogP contribution in [0, 0.1) is 0 Å². The van der Waals surface area contributed by atoms with Crippen LogP contribution in [-0.4, -0.2) is 19.7 Å². The molecule has 0 radical (unpaired) electrons. The molecule has 4 aromatic heterocycles. The molecule has 0 aliphatic heterocycles. The maximum absolute atomic E-state index is 13.6. The second-order valence-electron chi connectivity index (χ2n) is 7.92. The minimum atomic E-state index is -0.00574. The van der Waals surface area contributed by atoms with Gasteiger partial charge in [0.15, 0.2) is 5.16 Å². The molecule has 7 nitrogen and oxygen atoms in total. The third-order valence-corrected chi connectivity index (χ3v) is 7.91. The maximum Gasteiger partial charge on any atom is 0.263 e. The molecule has 0 amide bonds. The van der Waals surface area contributed by atoms with Crippen molar-refractivity contribution in [1.29, 1.82) is 0 Å². The lowest BCUT2D eigenvalue weighted by molar-refractivity contribution is 0.391. The van der Waals surface area contributed by atoms with Crippen LogP contribution in [0.4, 0.5) is 0 Å². The van der Waals surface area contributed by atoms with E-state index in [9.17, 15) is 4.79 Å². The Labute approximate surface area is 197 Å². The number of furan rings is 1. The van der Waals surface area contributed by atoms with Gasteiger partial charge in [-0.3, -0.25) is 9.36 Å². The number of hydrogen-bond acceptors (Lipinski definition) is 8. The lowest BCUT2D eigenvalue weighted by Gasteiger charge is -2.12. The van der Waals surface area contributed by atoms with Crippen LogP contribution in [0.15, 0.2) is 67.6 Å². The first-order valence-corrected chi connectivity index (χ1v) is 12.6. The van der Waals surface area contributed by atoms with E-state index in [4.69, 9.17) is 13.9 Å². The highest BCUT2D eigenvalue weighted by Crippen LogP contribution is 2.35. The summed E-state index contributed by atoms with van der Waals surface area (Å²) in [5.74, 6) is 2.17. The molecule has 9 heteroatoms. The molecule has 0 spiro atoms. The van der Waals surface area contributed by atoms with Crippen LogP contribution in [0.1, 0.15) is 34.9 Å². The number of fused-ring (bicyclic) bond motifs is 3. The Morgan fingerprint density at radius 1 is 1.06 bits per heavy atom. The first-order valence-electron chi connectivity index (χ1n) is 10.8. The molecule has 4 heterocycles. The van der Waals surface area contributed by atoms with E-state index < -0.39 is 0 Å². The predicted molar refractivity (Wildman–Crippen MR) is 128 cm³/mol. The zero-order valence-electron chi connectivity index (χ0n) is 17.7. The van der Waals surface area contributed by atoms with E-state index >= 15 is 0 Å². The molecule has 0 saturated heterocycles. The summed E-state index contributed by atoms with van der Waals surface area (Å²) >= 11 is 3.08. The molecule has 0 N–H and O–H groups in total. The summed E-state index contributed by atoms with van der Waals surface area (Å²) < 4.78 is 12.7. The van der Waals surface area contributed by atoms with Gasteiger partial charge in [-0.25, -0.2) is 4.98 Å². The van der Waals surface area contributed by atoms with Crippen molar-refractivity contribution in [3.05, 3.63) is 81.2 Å². The van der Waals surface area contributed by atoms with Crippen molar-refractivity contribution in [1.82, 2.24) is 19.7 Å². The monoisotopic (exact) mass is 476 g/mol. The summed E-state index contributed by atoms with van der Waals surface area (Å²) in [4.78, 5) is 25.2. The molecule has 1 aromatic carbocycles. The van der Waals surface area contributed by atoms with E-state index in [1.807, 2.05) is 42.5 Å². The molecule has 33 heavy (non-hydrogen) atoms. The van der Waals surface area contributed by atoms with Gasteiger partial charge < -0.3 is 8.94 Å². The van der Waals surface area contributed by atoms with Gasteiger partial charge >= 0.3 is 0 Å². The first kappa shape index (κ1) is 20.4. The quantitative estimate of drug-likeness (QED) is 0.242. The third kappa shape index (κ3) is 3.91. The van der Waals surface area contributed by atoms with Crippen LogP contribution < -0.4 is 5.56 Å². The molecule has 0 atom stereocenters. The van der Waals surface area contributed by atoms with Crippen molar-refractivity contribution < 1.29 is 8.94 Å². The smallest absolute Gasteiger partial charge is 0.263 e. The SMILES string of the molecule is O=c1c2c3c(sc2nc(SCc2nc(-c4ccccc4)no2)n1Cc1ccco1)CCCC3. The molecular weight excluding hydrogens is 456 g/mol. The number of aryl methyl sites for hydroxylation is 2. The highest BCUT2D eigenvalue weighted by Gasteiger charge is 2.23. The van der Waals surface area contributed by atoms with Crippen LogP contribution in [-0.2, 0) is 25.1 Å². The molecule has 6 rings (SSSR count). The van der Waals surface area contributed by atoms with E-state index in [2.05, 4.69) is 10.1 Å². The van der Waals surface area contributed by atoms with E-state index in [0.717, 1.165) is 35.0 Å². The Hall–Kier alpha value is -3.17. The fraction of sp³-hybridized carbons (Fsp3) is 0.250. The fourth-order valence-corrected chi connectivity index (χ4v) is 6.31. The molecule has 1 aliphatic carbocycles. The highest BCUT2D eigenvalue weighted by molar-refractivity contribution is 7.98. The second kappa shape index (κ2) is 8.64. The maximum atomic E-state index is 13.6. The van der Waals surface area contributed by atoms with Crippen LogP contribution >= 0.6 is 23.1 Å². The average molecular weight is 477 g/mol. The van der Waals surface area contributed by atoms with Crippen molar-refractivity contribution in [2.45, 2.75) is 43.1 Å². The van der Waals surface area contributed by atoms with Gasteiger partial charge in [-0.1, -0.05) is 47.3 Å². The minimum absolute atomic E-state index is 0.00574. The molecule has 5 aromatic rings. The summed E-state index contributed by atoms with van der Waals surface area (Å²) in [6.45, 7) is 0.334. The van der Waals surface area contributed by atoms with Gasteiger partial charge in [-0.15, -0.1) is 11.3 Å². The third-order valence-electron chi connectivity index (χ3n) is 5.76. The standard InChI is InChI=1S/C24H20N4O3S2/c29-23-20-17-10-4-5-11-18(17)33-22(20)26-24(28(23)13-16-9-6-12-30-16)32-14-19-25-21(27-31-19)15-7-2-1-3-8-15/h1-3,6-9,12H,4-5,10-11,13-14H2. The summed E-state index contributed by atoms with van der Waals surface area (Å²) in [6.07, 6.45) is 5.89. The average Bonchev–Trinajstić information content (AvgIpc) is 3.60. The van der Waals surface area contributed by atoms with Crippen LogP contribution in [0.5, 0.6) is 0 Å². The van der Waals surface area contributed by atoms with Gasteiger partial charge in [0, 0.05) is 10.4 Å². The number of thiophene rings is 1. The van der Waals surface area contributed by atoms with Crippen molar-refractivity contribution in [3.63, 3.8) is 0 Å². The van der Waals surface area contributed by atoms with Crippen molar-refractivity contribution >= 4 is 33.3 Å². The summed E-state index contributed by atoms with van der Waals surface area (Å²) in [5, 5.41) is 5.49. The Balaban J connectivity index is 1.36. The van der Waals surface area contributed by atoms with Crippen molar-refractivity contribution in [2.24, 2.45) is 0 Å². The topological polar surface area (TPSA) is 87.0 Å². The van der Waals surface area contributed by atoms with Gasteiger partial charge in [0.2, 0.25) is 11.7 Å². The molecule has 0 unspecified atom stereocenters. The van der Waals surface area contributed by atoms with Crippen LogP contribution in [0.3, 0.4) is 0 Å². The molecule has 166 valence electrons. The van der Waals surface area contributed by atoms with Gasteiger partial charge in [-0.2, -0.15) is 4.98 Å². The Bertz CT molecular complexity index is 1470. The lowest BCUT2D eigenvalue weighted by atomic mass is 9.97. The summed E-state index contributed by atoms with van der Waals surface area (Å²) in [5.41, 5.74) is 2.08. The summed E-state index contributed by atoms with van der Waals surface area (Å²) in [6, 6.07) is 13.4. The van der Waals surface area contributed by atoms with Crippen LogP contribution in [0.25, 0.3) is 21.6 Å². The van der Waals surface area contributed by atoms with E-state index in [1.54, 1.807) is 22.2 Å². The van der Waals surface area contributed by atoms with Crippen molar-refractivity contribution in [3.8, 4) is 11.4 Å². The normalized spacial score (nSPS) is 13.5. The van der Waals surface area contributed by atoms with Gasteiger partial charge in [0.05, 0.1) is 23.9 Å². The summed E-state index contributed by atoms with van der Waals surface area (Å²) in [7, 11) is 0. The lowest BCUT2D eigenvalue weighted by Crippen LogP contribution is -2.24. The Morgan fingerprint density at radius 3 is 2.79 bits per heavy atom. The molecule has 0 fully saturated rings. The number of benzene rings is 1. The van der Waals surface area contributed by atoms with Gasteiger partial charge in [-0.05, 0) is 43.4 Å². The Morgan fingerprint density at radius 2 is 1.94 bits per heavy atom. The number of thioether (sulfide) groups is 1.